The Balaban J connectivity index is 1.79. The van der Waals surface area contributed by atoms with Crippen molar-refractivity contribution >= 4 is 11.7 Å². The zero-order valence-electron chi connectivity index (χ0n) is 13.1. The average molecular weight is 287 g/mol. The van der Waals surface area contributed by atoms with Gasteiger partial charge in [-0.1, -0.05) is 25.7 Å². The summed E-state index contributed by atoms with van der Waals surface area (Å²) in [7, 11) is 0. The molecule has 3 nitrogen and oxygen atoms in total. The molecular weight excluding hydrogens is 262 g/mol. The molecule has 1 aromatic rings. The first-order valence-electron chi connectivity index (χ1n) is 8.10. The number of carboxylic acid groups (broad SMARTS) is 1. The fraction of sp³-hybridized carbons (Fsp3) is 0.611. The van der Waals surface area contributed by atoms with Gasteiger partial charge in [-0.05, 0) is 49.9 Å². The molecule has 1 N–H and O–H groups in total. The van der Waals surface area contributed by atoms with Gasteiger partial charge in [0.05, 0.1) is 5.56 Å². The minimum Gasteiger partial charge on any atom is -0.478 e. The summed E-state index contributed by atoms with van der Waals surface area (Å²) in [6, 6.07) is 4.00. The molecule has 1 saturated heterocycles. The molecule has 3 rings (SSSR count). The SMILES string of the molecule is Cc1cc(N2CC3(CCCCCC3)C2)cc(C(=O)O)c1C. The summed E-state index contributed by atoms with van der Waals surface area (Å²) >= 11 is 0. The van der Waals surface area contributed by atoms with Crippen molar-refractivity contribution in [2.75, 3.05) is 18.0 Å². The predicted molar refractivity (Wildman–Crippen MR) is 85.2 cm³/mol. The normalized spacial score (nSPS) is 21.0. The van der Waals surface area contributed by atoms with Crippen LogP contribution in [-0.2, 0) is 0 Å². The maximum absolute atomic E-state index is 11.4. The Bertz CT molecular complexity index is 549. The highest BCUT2D eigenvalue weighted by Gasteiger charge is 2.42. The number of anilines is 1. The van der Waals surface area contributed by atoms with Gasteiger partial charge in [-0.3, -0.25) is 0 Å². The Morgan fingerprint density at radius 3 is 2.29 bits per heavy atom. The Kier molecular flexibility index (Phi) is 3.68. The molecule has 0 aromatic heterocycles. The van der Waals surface area contributed by atoms with Crippen LogP contribution in [0.1, 0.15) is 60.0 Å². The second kappa shape index (κ2) is 5.36. The number of aryl methyl sites for hydroxylation is 1. The van der Waals surface area contributed by atoms with E-state index in [0.29, 0.717) is 11.0 Å². The molecule has 1 saturated carbocycles. The molecule has 0 unspecified atom stereocenters. The van der Waals surface area contributed by atoms with Gasteiger partial charge in [0.15, 0.2) is 0 Å². The van der Waals surface area contributed by atoms with Crippen LogP contribution in [0.25, 0.3) is 0 Å². The number of nitrogens with zero attached hydrogens (tertiary/aromatic N) is 1. The lowest BCUT2D eigenvalue weighted by Gasteiger charge is -2.52. The number of carbonyl (C=O) groups is 1. The Labute approximate surface area is 127 Å². The molecule has 1 spiro atoms. The second-order valence-corrected chi connectivity index (χ2v) is 7.01. The largest absolute Gasteiger partial charge is 0.478 e. The molecule has 0 atom stereocenters. The summed E-state index contributed by atoms with van der Waals surface area (Å²) < 4.78 is 0. The number of benzene rings is 1. The van der Waals surface area contributed by atoms with Gasteiger partial charge in [-0.25, -0.2) is 4.79 Å². The van der Waals surface area contributed by atoms with Crippen molar-refractivity contribution in [2.45, 2.75) is 52.4 Å². The average Bonchev–Trinajstić information content (AvgIpc) is 2.65. The first-order valence-corrected chi connectivity index (χ1v) is 8.10. The topological polar surface area (TPSA) is 40.5 Å². The van der Waals surface area contributed by atoms with Crippen molar-refractivity contribution in [3.8, 4) is 0 Å². The standard InChI is InChI=1S/C18H25NO2/c1-13-9-15(10-16(14(13)2)17(20)21)19-11-18(12-19)7-5-3-4-6-8-18/h9-10H,3-8,11-12H2,1-2H3,(H,20,21). The van der Waals surface area contributed by atoms with Crippen molar-refractivity contribution in [3.63, 3.8) is 0 Å². The monoisotopic (exact) mass is 287 g/mol. The van der Waals surface area contributed by atoms with E-state index in [2.05, 4.69) is 11.0 Å². The number of rotatable bonds is 2. The van der Waals surface area contributed by atoms with Crippen LogP contribution in [0.4, 0.5) is 5.69 Å². The summed E-state index contributed by atoms with van der Waals surface area (Å²) in [5.74, 6) is -0.817. The quantitative estimate of drug-likeness (QED) is 0.887. The lowest BCUT2D eigenvalue weighted by Crippen LogP contribution is -2.56. The molecule has 1 aliphatic carbocycles. The summed E-state index contributed by atoms with van der Waals surface area (Å²) in [6.45, 7) is 6.11. The molecule has 2 fully saturated rings. The van der Waals surface area contributed by atoms with E-state index in [4.69, 9.17) is 0 Å². The van der Waals surface area contributed by atoms with Crippen LogP contribution in [0.5, 0.6) is 0 Å². The molecule has 0 amide bonds. The molecule has 1 heterocycles. The molecule has 0 radical (unpaired) electrons. The van der Waals surface area contributed by atoms with Crippen LogP contribution in [0.3, 0.4) is 0 Å². The van der Waals surface area contributed by atoms with Crippen LogP contribution in [-0.4, -0.2) is 24.2 Å². The Morgan fingerprint density at radius 1 is 1.10 bits per heavy atom. The number of hydrogen-bond donors (Lipinski definition) is 1. The van der Waals surface area contributed by atoms with Crippen LogP contribution in [0, 0.1) is 19.3 Å². The fourth-order valence-electron chi connectivity index (χ4n) is 3.99. The van der Waals surface area contributed by atoms with Crippen LogP contribution in [0.2, 0.25) is 0 Å². The number of aromatic carboxylic acids is 1. The van der Waals surface area contributed by atoms with Crippen LogP contribution in [0.15, 0.2) is 12.1 Å². The van der Waals surface area contributed by atoms with E-state index in [9.17, 15) is 9.90 Å². The third kappa shape index (κ3) is 2.66. The third-order valence-corrected chi connectivity index (χ3v) is 5.46. The molecule has 1 aliphatic heterocycles. The van der Waals surface area contributed by atoms with E-state index in [-0.39, 0.29) is 0 Å². The van der Waals surface area contributed by atoms with E-state index >= 15 is 0 Å². The lowest BCUT2D eigenvalue weighted by atomic mass is 9.73. The van der Waals surface area contributed by atoms with E-state index in [1.54, 1.807) is 0 Å². The third-order valence-electron chi connectivity index (χ3n) is 5.46. The lowest BCUT2D eigenvalue weighted by molar-refractivity contribution is 0.0696. The zero-order chi connectivity index (χ0) is 15.0. The summed E-state index contributed by atoms with van der Waals surface area (Å²) in [4.78, 5) is 13.7. The number of carboxylic acids is 1. The van der Waals surface area contributed by atoms with Gasteiger partial charge in [0.25, 0.3) is 0 Å². The minimum atomic E-state index is -0.817. The predicted octanol–water partition coefficient (Wildman–Crippen LogP) is 4.16. The van der Waals surface area contributed by atoms with Gasteiger partial charge in [0, 0.05) is 24.2 Å². The smallest absolute Gasteiger partial charge is 0.336 e. The van der Waals surface area contributed by atoms with E-state index in [0.717, 1.165) is 29.9 Å². The van der Waals surface area contributed by atoms with E-state index in [1.165, 1.54) is 38.5 Å². The van der Waals surface area contributed by atoms with Crippen molar-refractivity contribution in [1.82, 2.24) is 0 Å². The zero-order valence-corrected chi connectivity index (χ0v) is 13.1. The molecule has 3 heteroatoms. The van der Waals surface area contributed by atoms with Crippen molar-refractivity contribution in [3.05, 3.63) is 28.8 Å². The highest BCUT2D eigenvalue weighted by molar-refractivity contribution is 5.91. The van der Waals surface area contributed by atoms with Gasteiger partial charge in [0.1, 0.15) is 0 Å². The summed E-state index contributed by atoms with van der Waals surface area (Å²) in [5.41, 5.74) is 4.01. The van der Waals surface area contributed by atoms with Gasteiger partial charge in [0.2, 0.25) is 0 Å². The van der Waals surface area contributed by atoms with Crippen LogP contribution < -0.4 is 4.90 Å². The second-order valence-electron chi connectivity index (χ2n) is 7.01. The minimum absolute atomic E-state index is 0.451. The Hall–Kier alpha value is -1.51. The fourth-order valence-corrected chi connectivity index (χ4v) is 3.99. The molecular formula is C18H25NO2. The highest BCUT2D eigenvalue weighted by atomic mass is 16.4. The molecule has 1 aromatic carbocycles. The van der Waals surface area contributed by atoms with Crippen molar-refractivity contribution in [2.24, 2.45) is 5.41 Å². The summed E-state index contributed by atoms with van der Waals surface area (Å²) in [6.07, 6.45) is 8.19. The van der Waals surface area contributed by atoms with E-state index in [1.807, 2.05) is 19.9 Å². The number of hydrogen-bond acceptors (Lipinski definition) is 2. The van der Waals surface area contributed by atoms with Gasteiger partial charge >= 0.3 is 5.97 Å². The molecule has 2 aliphatic rings. The van der Waals surface area contributed by atoms with E-state index < -0.39 is 5.97 Å². The van der Waals surface area contributed by atoms with Gasteiger partial charge in [-0.2, -0.15) is 0 Å². The highest BCUT2D eigenvalue weighted by Crippen LogP contribution is 2.44. The first-order chi connectivity index (χ1) is 10.0. The summed E-state index contributed by atoms with van der Waals surface area (Å²) in [5, 5.41) is 9.35. The maximum Gasteiger partial charge on any atom is 0.336 e. The van der Waals surface area contributed by atoms with Crippen molar-refractivity contribution < 1.29 is 9.90 Å². The molecule has 21 heavy (non-hydrogen) atoms. The van der Waals surface area contributed by atoms with Crippen molar-refractivity contribution in [1.29, 1.82) is 0 Å². The maximum atomic E-state index is 11.4. The first kappa shape index (κ1) is 14.4. The Morgan fingerprint density at radius 2 is 1.71 bits per heavy atom. The van der Waals surface area contributed by atoms with Crippen LogP contribution >= 0.6 is 0 Å². The van der Waals surface area contributed by atoms with Gasteiger partial charge in [-0.15, -0.1) is 0 Å². The molecule has 0 bridgehead atoms. The van der Waals surface area contributed by atoms with Gasteiger partial charge < -0.3 is 10.0 Å². The molecule has 114 valence electrons.